The van der Waals surface area contributed by atoms with Gasteiger partial charge in [-0.3, -0.25) is 5.10 Å². The molecule has 2 aromatic rings. The maximum atomic E-state index is 5.85. The van der Waals surface area contributed by atoms with Gasteiger partial charge in [0, 0.05) is 11.1 Å². The molecule has 0 radical (unpaired) electrons. The highest BCUT2D eigenvalue weighted by atomic mass is 16.5. The predicted octanol–water partition coefficient (Wildman–Crippen LogP) is 2.07. The van der Waals surface area contributed by atoms with E-state index in [1.807, 2.05) is 19.1 Å². The molecule has 0 aliphatic rings. The van der Waals surface area contributed by atoms with Crippen LogP contribution in [-0.2, 0) is 0 Å². The zero-order valence-electron chi connectivity index (χ0n) is 11.2. The standard InChI is InChI=1S/C13H17N3O3/c1-4-19-11-8(9-7-15-16-13(9)14)5-6-10(17-2)12(11)18-3/h5-7H,4H2,1-3H3,(H3,14,15,16). The van der Waals surface area contributed by atoms with Gasteiger partial charge in [-0.2, -0.15) is 5.10 Å². The first kappa shape index (κ1) is 13.1. The molecule has 0 saturated carbocycles. The molecule has 0 fully saturated rings. The largest absolute Gasteiger partial charge is 0.493 e. The molecular weight excluding hydrogens is 246 g/mol. The second-order valence-electron chi connectivity index (χ2n) is 3.81. The maximum Gasteiger partial charge on any atom is 0.203 e. The van der Waals surface area contributed by atoms with Crippen molar-refractivity contribution in [1.29, 1.82) is 0 Å². The number of nitrogen functional groups attached to an aromatic ring is 1. The van der Waals surface area contributed by atoms with Gasteiger partial charge < -0.3 is 19.9 Å². The van der Waals surface area contributed by atoms with E-state index in [1.54, 1.807) is 20.4 Å². The summed E-state index contributed by atoms with van der Waals surface area (Å²) < 4.78 is 16.3. The number of rotatable bonds is 5. The van der Waals surface area contributed by atoms with Gasteiger partial charge in [0.1, 0.15) is 5.82 Å². The second-order valence-corrected chi connectivity index (χ2v) is 3.81. The Morgan fingerprint density at radius 1 is 1.16 bits per heavy atom. The molecule has 0 amide bonds. The van der Waals surface area contributed by atoms with Crippen molar-refractivity contribution < 1.29 is 14.2 Å². The van der Waals surface area contributed by atoms with Gasteiger partial charge in [-0.1, -0.05) is 0 Å². The normalized spacial score (nSPS) is 10.3. The van der Waals surface area contributed by atoms with E-state index in [9.17, 15) is 0 Å². The SMILES string of the molecule is CCOc1c(-c2cn[nH]c2N)ccc(OC)c1OC. The zero-order chi connectivity index (χ0) is 13.8. The Morgan fingerprint density at radius 2 is 1.95 bits per heavy atom. The van der Waals surface area contributed by atoms with Gasteiger partial charge in [-0.25, -0.2) is 0 Å². The minimum Gasteiger partial charge on any atom is -0.493 e. The molecule has 0 aliphatic heterocycles. The van der Waals surface area contributed by atoms with Crippen LogP contribution in [0.25, 0.3) is 11.1 Å². The molecular formula is C13H17N3O3. The van der Waals surface area contributed by atoms with E-state index in [1.165, 1.54) is 0 Å². The van der Waals surface area contributed by atoms with Gasteiger partial charge >= 0.3 is 0 Å². The van der Waals surface area contributed by atoms with Gasteiger partial charge in [-0.05, 0) is 19.1 Å². The monoisotopic (exact) mass is 263 g/mol. The molecule has 0 unspecified atom stereocenters. The predicted molar refractivity (Wildman–Crippen MR) is 72.7 cm³/mol. The summed E-state index contributed by atoms with van der Waals surface area (Å²) in [5.74, 6) is 2.23. The first-order chi connectivity index (χ1) is 9.22. The summed E-state index contributed by atoms with van der Waals surface area (Å²) >= 11 is 0. The van der Waals surface area contributed by atoms with Crippen molar-refractivity contribution in [2.75, 3.05) is 26.6 Å². The molecule has 0 atom stereocenters. The highest BCUT2D eigenvalue weighted by Gasteiger charge is 2.19. The van der Waals surface area contributed by atoms with Gasteiger partial charge in [-0.15, -0.1) is 0 Å². The lowest BCUT2D eigenvalue weighted by molar-refractivity contribution is 0.298. The Kier molecular flexibility index (Phi) is 3.79. The number of hydrogen-bond donors (Lipinski definition) is 2. The average Bonchev–Trinajstić information content (AvgIpc) is 2.84. The van der Waals surface area contributed by atoms with E-state index >= 15 is 0 Å². The molecule has 1 aromatic heterocycles. The van der Waals surface area contributed by atoms with Crippen LogP contribution in [0.2, 0.25) is 0 Å². The number of methoxy groups -OCH3 is 2. The number of nitrogens with two attached hydrogens (primary N) is 1. The van der Waals surface area contributed by atoms with Crippen molar-refractivity contribution in [3.05, 3.63) is 18.3 Å². The summed E-state index contributed by atoms with van der Waals surface area (Å²) in [6.07, 6.45) is 1.65. The molecule has 1 heterocycles. The van der Waals surface area contributed by atoms with Crippen molar-refractivity contribution in [1.82, 2.24) is 10.2 Å². The number of ether oxygens (including phenoxy) is 3. The molecule has 6 heteroatoms. The fourth-order valence-electron chi connectivity index (χ4n) is 1.91. The number of nitrogens with zero attached hydrogens (tertiary/aromatic N) is 1. The van der Waals surface area contributed by atoms with E-state index in [4.69, 9.17) is 19.9 Å². The van der Waals surface area contributed by atoms with Crippen LogP contribution >= 0.6 is 0 Å². The fourth-order valence-corrected chi connectivity index (χ4v) is 1.91. The van der Waals surface area contributed by atoms with Crippen LogP contribution in [0.4, 0.5) is 5.82 Å². The summed E-state index contributed by atoms with van der Waals surface area (Å²) in [7, 11) is 3.16. The summed E-state index contributed by atoms with van der Waals surface area (Å²) in [5.41, 5.74) is 7.43. The van der Waals surface area contributed by atoms with Gasteiger partial charge in [0.2, 0.25) is 5.75 Å². The van der Waals surface area contributed by atoms with E-state index in [0.29, 0.717) is 29.7 Å². The summed E-state index contributed by atoms with van der Waals surface area (Å²) in [5, 5.41) is 6.62. The lowest BCUT2D eigenvalue weighted by Crippen LogP contribution is -2.00. The number of aromatic nitrogens is 2. The van der Waals surface area contributed by atoms with Crippen LogP contribution in [-0.4, -0.2) is 31.0 Å². The number of nitrogens with one attached hydrogen (secondary N) is 1. The fraction of sp³-hybridized carbons (Fsp3) is 0.308. The Hall–Kier alpha value is -2.37. The molecule has 0 aliphatic carbocycles. The molecule has 6 nitrogen and oxygen atoms in total. The third-order valence-corrected chi connectivity index (χ3v) is 2.75. The molecule has 1 aromatic carbocycles. The van der Waals surface area contributed by atoms with Crippen LogP contribution < -0.4 is 19.9 Å². The van der Waals surface area contributed by atoms with E-state index < -0.39 is 0 Å². The summed E-state index contributed by atoms with van der Waals surface area (Å²) in [6, 6.07) is 3.68. The Balaban J connectivity index is 2.64. The van der Waals surface area contributed by atoms with Crippen LogP contribution in [0.3, 0.4) is 0 Å². The number of H-pyrrole nitrogens is 1. The minimum atomic E-state index is 0.480. The lowest BCUT2D eigenvalue weighted by Gasteiger charge is -2.16. The van der Waals surface area contributed by atoms with Crippen molar-refractivity contribution in [3.8, 4) is 28.4 Å². The van der Waals surface area contributed by atoms with E-state index in [-0.39, 0.29) is 0 Å². The highest BCUT2D eigenvalue weighted by molar-refractivity contribution is 5.81. The number of anilines is 1. The first-order valence-electron chi connectivity index (χ1n) is 5.89. The number of benzene rings is 1. The van der Waals surface area contributed by atoms with Gasteiger partial charge in [0.15, 0.2) is 11.5 Å². The minimum absolute atomic E-state index is 0.480. The Labute approximate surface area is 111 Å². The summed E-state index contributed by atoms with van der Waals surface area (Å²) in [4.78, 5) is 0. The summed E-state index contributed by atoms with van der Waals surface area (Å²) in [6.45, 7) is 2.41. The first-order valence-corrected chi connectivity index (χ1v) is 5.89. The topological polar surface area (TPSA) is 82.4 Å². The van der Waals surface area contributed by atoms with Crippen molar-refractivity contribution in [3.63, 3.8) is 0 Å². The highest BCUT2D eigenvalue weighted by Crippen LogP contribution is 2.45. The molecule has 0 saturated heterocycles. The zero-order valence-corrected chi connectivity index (χ0v) is 11.2. The molecule has 19 heavy (non-hydrogen) atoms. The van der Waals surface area contributed by atoms with Gasteiger partial charge in [0.05, 0.1) is 27.0 Å². The van der Waals surface area contributed by atoms with Crippen molar-refractivity contribution >= 4 is 5.82 Å². The molecule has 0 bridgehead atoms. The van der Waals surface area contributed by atoms with Crippen LogP contribution in [0.1, 0.15) is 6.92 Å². The van der Waals surface area contributed by atoms with Crippen LogP contribution in [0, 0.1) is 0 Å². The Morgan fingerprint density at radius 3 is 2.47 bits per heavy atom. The van der Waals surface area contributed by atoms with Crippen molar-refractivity contribution in [2.45, 2.75) is 6.92 Å². The third kappa shape index (κ3) is 2.29. The average molecular weight is 263 g/mol. The second kappa shape index (κ2) is 5.51. The quantitative estimate of drug-likeness (QED) is 0.863. The molecule has 0 spiro atoms. The van der Waals surface area contributed by atoms with Crippen LogP contribution in [0.5, 0.6) is 17.2 Å². The van der Waals surface area contributed by atoms with Gasteiger partial charge in [0.25, 0.3) is 0 Å². The third-order valence-electron chi connectivity index (χ3n) is 2.75. The molecule has 102 valence electrons. The smallest absolute Gasteiger partial charge is 0.203 e. The molecule has 3 N–H and O–H groups in total. The number of hydrogen-bond acceptors (Lipinski definition) is 5. The van der Waals surface area contributed by atoms with Crippen molar-refractivity contribution in [2.24, 2.45) is 0 Å². The van der Waals surface area contributed by atoms with E-state index in [0.717, 1.165) is 11.1 Å². The number of aromatic amines is 1. The lowest BCUT2D eigenvalue weighted by atomic mass is 10.1. The molecule has 2 rings (SSSR count). The maximum absolute atomic E-state index is 5.85. The van der Waals surface area contributed by atoms with E-state index in [2.05, 4.69) is 10.2 Å². The Bertz CT molecular complexity index is 566. The van der Waals surface area contributed by atoms with Crippen LogP contribution in [0.15, 0.2) is 18.3 Å².